The van der Waals surface area contributed by atoms with E-state index >= 15 is 0 Å². The number of oxime groups is 1. The minimum Gasteiger partial charge on any atom is -0.496 e. The van der Waals surface area contributed by atoms with Crippen LogP contribution >= 0.6 is 0 Å². The first-order chi connectivity index (χ1) is 10.1. The fraction of sp³-hybridized carbons (Fsp3) is 0.308. The van der Waals surface area contributed by atoms with Crippen molar-refractivity contribution < 1.29 is 14.5 Å². The van der Waals surface area contributed by atoms with Crippen LogP contribution in [0.3, 0.4) is 0 Å². The van der Waals surface area contributed by atoms with Gasteiger partial charge in [-0.05, 0) is 25.1 Å². The van der Waals surface area contributed by atoms with Crippen LogP contribution in [0.25, 0.3) is 0 Å². The van der Waals surface area contributed by atoms with Crippen LogP contribution in [-0.4, -0.2) is 28.3 Å². The molecule has 0 aliphatic carbocycles. The van der Waals surface area contributed by atoms with Gasteiger partial charge in [0.25, 0.3) is 0 Å². The van der Waals surface area contributed by atoms with Crippen molar-refractivity contribution in [3.63, 3.8) is 0 Å². The van der Waals surface area contributed by atoms with Gasteiger partial charge in [-0.15, -0.1) is 0 Å². The van der Waals surface area contributed by atoms with Crippen molar-refractivity contribution in [1.82, 2.24) is 15.5 Å². The maximum absolute atomic E-state index is 8.72. The Kier molecular flexibility index (Phi) is 4.72. The van der Waals surface area contributed by atoms with E-state index in [2.05, 4.69) is 20.6 Å². The third kappa shape index (κ3) is 3.69. The van der Waals surface area contributed by atoms with Gasteiger partial charge in [0.2, 0.25) is 5.89 Å². The molecule has 2 rings (SSSR count). The van der Waals surface area contributed by atoms with E-state index in [1.807, 2.05) is 0 Å². The molecule has 0 atom stereocenters. The molecule has 0 fully saturated rings. The molecule has 0 aliphatic heterocycles. The average molecular weight is 291 g/mol. The lowest BCUT2D eigenvalue weighted by molar-refractivity contribution is 0.318. The van der Waals surface area contributed by atoms with E-state index in [9.17, 15) is 0 Å². The maximum Gasteiger partial charge on any atom is 0.240 e. The summed E-state index contributed by atoms with van der Waals surface area (Å²) in [6.45, 7) is 2.71. The second-order valence-corrected chi connectivity index (χ2v) is 4.35. The summed E-state index contributed by atoms with van der Waals surface area (Å²) in [5.74, 6) is 1.86. The Hall–Kier alpha value is -2.61. The van der Waals surface area contributed by atoms with Crippen LogP contribution in [0.5, 0.6) is 5.75 Å². The summed E-state index contributed by atoms with van der Waals surface area (Å²) in [7, 11) is 1.59. The first-order valence-electron chi connectivity index (χ1n) is 6.28. The topological polar surface area (TPSA) is 119 Å². The largest absolute Gasteiger partial charge is 0.496 e. The molecule has 21 heavy (non-hydrogen) atoms. The van der Waals surface area contributed by atoms with Gasteiger partial charge >= 0.3 is 0 Å². The molecule has 0 aliphatic rings. The molecule has 1 aromatic heterocycles. The van der Waals surface area contributed by atoms with Crippen LogP contribution in [0.15, 0.2) is 27.9 Å². The van der Waals surface area contributed by atoms with Crippen molar-refractivity contribution in [2.24, 2.45) is 10.9 Å². The van der Waals surface area contributed by atoms with E-state index in [1.54, 1.807) is 32.2 Å². The highest BCUT2D eigenvalue weighted by atomic mass is 16.5. The number of aryl methyl sites for hydroxylation is 1. The standard InChI is InChI=1S/C13H17N5O3/c1-8-16-12(21-18-8)7-15-6-10-5-9(13(14)17-19)3-4-11(10)20-2/h3-5,15,19H,6-7H2,1-2H3,(H2,14,17). The summed E-state index contributed by atoms with van der Waals surface area (Å²) in [6.07, 6.45) is 0. The first kappa shape index (κ1) is 14.8. The molecule has 0 bridgehead atoms. The Bertz CT molecular complexity index is 638. The number of rotatable bonds is 6. The lowest BCUT2D eigenvalue weighted by Gasteiger charge is -2.10. The highest BCUT2D eigenvalue weighted by molar-refractivity contribution is 5.97. The minimum atomic E-state index is 0.0476. The predicted molar refractivity (Wildman–Crippen MR) is 75.1 cm³/mol. The zero-order valence-corrected chi connectivity index (χ0v) is 11.8. The predicted octanol–water partition coefficient (Wildman–Crippen LogP) is 0.771. The number of aromatic nitrogens is 2. The van der Waals surface area contributed by atoms with Gasteiger partial charge in [-0.1, -0.05) is 10.3 Å². The number of amidine groups is 1. The van der Waals surface area contributed by atoms with Crippen LogP contribution in [0.1, 0.15) is 22.8 Å². The van der Waals surface area contributed by atoms with E-state index in [-0.39, 0.29) is 5.84 Å². The lowest BCUT2D eigenvalue weighted by atomic mass is 10.1. The zero-order chi connectivity index (χ0) is 15.2. The second kappa shape index (κ2) is 6.71. The van der Waals surface area contributed by atoms with Crippen LogP contribution in [-0.2, 0) is 13.1 Å². The number of ether oxygens (including phenoxy) is 1. The molecule has 112 valence electrons. The lowest BCUT2D eigenvalue weighted by Crippen LogP contribution is -2.16. The average Bonchev–Trinajstić information content (AvgIpc) is 2.91. The first-order valence-corrected chi connectivity index (χ1v) is 6.28. The third-order valence-corrected chi connectivity index (χ3v) is 2.85. The van der Waals surface area contributed by atoms with Gasteiger partial charge in [0.15, 0.2) is 11.7 Å². The Morgan fingerprint density at radius 2 is 2.29 bits per heavy atom. The Balaban J connectivity index is 2.06. The molecule has 1 aromatic carbocycles. The van der Waals surface area contributed by atoms with Gasteiger partial charge in [-0.25, -0.2) is 0 Å². The van der Waals surface area contributed by atoms with Gasteiger partial charge in [-0.3, -0.25) is 0 Å². The van der Waals surface area contributed by atoms with E-state index in [1.165, 1.54) is 0 Å². The fourth-order valence-electron chi connectivity index (χ4n) is 1.85. The van der Waals surface area contributed by atoms with Gasteiger partial charge in [-0.2, -0.15) is 4.98 Å². The molecule has 2 aromatic rings. The summed E-state index contributed by atoms with van der Waals surface area (Å²) in [6, 6.07) is 5.28. The molecule has 4 N–H and O–H groups in total. The number of nitrogens with two attached hydrogens (primary N) is 1. The fourth-order valence-corrected chi connectivity index (χ4v) is 1.85. The second-order valence-electron chi connectivity index (χ2n) is 4.35. The molecule has 0 saturated carbocycles. The number of methoxy groups -OCH3 is 1. The Morgan fingerprint density at radius 1 is 1.48 bits per heavy atom. The monoisotopic (exact) mass is 291 g/mol. The minimum absolute atomic E-state index is 0.0476. The van der Waals surface area contributed by atoms with Crippen molar-refractivity contribution in [3.8, 4) is 5.75 Å². The maximum atomic E-state index is 8.72. The molecule has 0 spiro atoms. The molecule has 0 unspecified atom stereocenters. The van der Waals surface area contributed by atoms with Crippen LogP contribution in [0, 0.1) is 6.92 Å². The normalized spacial score (nSPS) is 11.6. The summed E-state index contributed by atoms with van der Waals surface area (Å²) in [5, 5.41) is 18.6. The highest BCUT2D eigenvalue weighted by Gasteiger charge is 2.08. The number of hydrogen-bond donors (Lipinski definition) is 3. The number of hydrogen-bond acceptors (Lipinski definition) is 7. The molecule has 8 heteroatoms. The molecule has 8 nitrogen and oxygen atoms in total. The van der Waals surface area contributed by atoms with E-state index in [4.69, 9.17) is 20.2 Å². The molecular weight excluding hydrogens is 274 g/mol. The molecule has 0 amide bonds. The van der Waals surface area contributed by atoms with Crippen molar-refractivity contribution in [2.75, 3.05) is 7.11 Å². The van der Waals surface area contributed by atoms with Gasteiger partial charge in [0.05, 0.1) is 13.7 Å². The van der Waals surface area contributed by atoms with Crippen LogP contribution < -0.4 is 15.8 Å². The SMILES string of the molecule is COc1ccc(/C(N)=N/O)cc1CNCc1nc(C)no1. The van der Waals surface area contributed by atoms with Crippen molar-refractivity contribution >= 4 is 5.84 Å². The summed E-state index contributed by atoms with van der Waals surface area (Å²) in [5.41, 5.74) is 7.07. The Labute approximate surface area is 121 Å². The van der Waals surface area contributed by atoms with Crippen molar-refractivity contribution in [1.29, 1.82) is 0 Å². The Morgan fingerprint density at radius 3 is 2.90 bits per heavy atom. The molecule has 1 heterocycles. The summed E-state index contributed by atoms with van der Waals surface area (Å²) < 4.78 is 10.3. The third-order valence-electron chi connectivity index (χ3n) is 2.85. The highest BCUT2D eigenvalue weighted by Crippen LogP contribution is 2.19. The van der Waals surface area contributed by atoms with Crippen molar-refractivity contribution in [2.45, 2.75) is 20.0 Å². The molecule has 0 saturated heterocycles. The number of nitrogens with one attached hydrogen (secondary N) is 1. The number of nitrogens with zero attached hydrogens (tertiary/aromatic N) is 3. The summed E-state index contributed by atoms with van der Waals surface area (Å²) in [4.78, 5) is 4.10. The summed E-state index contributed by atoms with van der Waals surface area (Å²) >= 11 is 0. The van der Waals surface area contributed by atoms with Crippen LogP contribution in [0.4, 0.5) is 0 Å². The van der Waals surface area contributed by atoms with E-state index < -0.39 is 0 Å². The van der Waals surface area contributed by atoms with Gasteiger partial charge < -0.3 is 25.5 Å². The van der Waals surface area contributed by atoms with E-state index in [0.717, 1.165) is 5.56 Å². The number of benzene rings is 1. The zero-order valence-electron chi connectivity index (χ0n) is 11.8. The van der Waals surface area contributed by atoms with Crippen molar-refractivity contribution in [3.05, 3.63) is 41.0 Å². The van der Waals surface area contributed by atoms with E-state index in [0.29, 0.717) is 36.1 Å². The quantitative estimate of drug-likeness (QED) is 0.311. The van der Waals surface area contributed by atoms with Gasteiger partial charge in [0.1, 0.15) is 5.75 Å². The van der Waals surface area contributed by atoms with Crippen LogP contribution in [0.2, 0.25) is 0 Å². The van der Waals surface area contributed by atoms with Gasteiger partial charge in [0, 0.05) is 17.7 Å². The smallest absolute Gasteiger partial charge is 0.240 e. The molecular formula is C13H17N5O3. The molecule has 0 radical (unpaired) electrons.